The van der Waals surface area contributed by atoms with E-state index >= 15 is 0 Å². The molecular formula is C18H24N2O4S. The van der Waals surface area contributed by atoms with Crippen molar-refractivity contribution in [2.75, 3.05) is 39.7 Å². The van der Waals surface area contributed by atoms with Gasteiger partial charge in [-0.05, 0) is 48.9 Å². The Hall–Kier alpha value is -2.25. The van der Waals surface area contributed by atoms with E-state index < -0.39 is 10.0 Å². The zero-order valence-corrected chi connectivity index (χ0v) is 15.8. The van der Waals surface area contributed by atoms with E-state index in [1.807, 2.05) is 30.3 Å². The van der Waals surface area contributed by atoms with Crippen LogP contribution in [-0.2, 0) is 10.0 Å². The molecule has 0 aromatic heterocycles. The lowest BCUT2D eigenvalue weighted by Gasteiger charge is -2.15. The van der Waals surface area contributed by atoms with E-state index in [1.54, 1.807) is 26.2 Å². The van der Waals surface area contributed by atoms with E-state index in [2.05, 4.69) is 5.32 Å². The number of anilines is 1. The Morgan fingerprint density at radius 2 is 1.68 bits per heavy atom. The molecule has 0 atom stereocenters. The second-order valence-electron chi connectivity index (χ2n) is 5.72. The van der Waals surface area contributed by atoms with Crippen LogP contribution in [0.1, 0.15) is 5.56 Å². The molecule has 2 aromatic rings. The van der Waals surface area contributed by atoms with Crippen molar-refractivity contribution in [2.24, 2.45) is 0 Å². The molecule has 0 fully saturated rings. The molecule has 25 heavy (non-hydrogen) atoms. The van der Waals surface area contributed by atoms with Crippen LogP contribution in [0.3, 0.4) is 0 Å². The summed E-state index contributed by atoms with van der Waals surface area (Å²) in [7, 11) is 1.21. The number of ether oxygens (including phenoxy) is 2. The highest BCUT2D eigenvalue weighted by Gasteiger charge is 2.19. The molecule has 0 spiro atoms. The van der Waals surface area contributed by atoms with Gasteiger partial charge in [0.15, 0.2) is 0 Å². The largest absolute Gasteiger partial charge is 0.497 e. The smallest absolute Gasteiger partial charge is 0.242 e. The second kappa shape index (κ2) is 8.22. The molecule has 0 unspecified atom stereocenters. The number of methoxy groups -OCH3 is 1. The Morgan fingerprint density at radius 1 is 1.04 bits per heavy atom. The molecule has 0 saturated carbocycles. The van der Waals surface area contributed by atoms with Crippen LogP contribution in [0.5, 0.6) is 11.5 Å². The standard InChI is InChI=1S/C18H24N2O4S/c1-14-5-6-15(13-18(14)25(21,22)20(2)3)19-11-12-24-17-9-7-16(23-4)8-10-17/h5-10,13,19H,11-12H2,1-4H3. The summed E-state index contributed by atoms with van der Waals surface area (Å²) in [4.78, 5) is 0.304. The van der Waals surface area contributed by atoms with Gasteiger partial charge in [0.2, 0.25) is 10.0 Å². The summed E-state index contributed by atoms with van der Waals surface area (Å²) in [5.74, 6) is 1.53. The van der Waals surface area contributed by atoms with Crippen LogP contribution < -0.4 is 14.8 Å². The molecule has 6 nitrogen and oxygen atoms in total. The molecule has 0 heterocycles. The van der Waals surface area contributed by atoms with Crippen LogP contribution in [0.2, 0.25) is 0 Å². The summed E-state index contributed by atoms with van der Waals surface area (Å²) in [5.41, 5.74) is 1.46. The van der Waals surface area contributed by atoms with E-state index in [4.69, 9.17) is 9.47 Å². The SMILES string of the molecule is COc1ccc(OCCNc2ccc(C)c(S(=O)(=O)N(C)C)c2)cc1. The van der Waals surface area contributed by atoms with Crippen molar-refractivity contribution in [3.05, 3.63) is 48.0 Å². The first kappa shape index (κ1) is 19.1. The Kier molecular flexibility index (Phi) is 6.27. The first-order valence-corrected chi connectivity index (χ1v) is 9.32. The summed E-state index contributed by atoms with van der Waals surface area (Å²) in [6.07, 6.45) is 0. The first-order valence-electron chi connectivity index (χ1n) is 7.88. The minimum atomic E-state index is -3.46. The third-order valence-corrected chi connectivity index (χ3v) is 5.66. The fraction of sp³-hybridized carbons (Fsp3) is 0.333. The van der Waals surface area contributed by atoms with E-state index in [0.29, 0.717) is 23.6 Å². The summed E-state index contributed by atoms with van der Waals surface area (Å²) in [6, 6.07) is 12.7. The van der Waals surface area contributed by atoms with E-state index in [-0.39, 0.29) is 0 Å². The van der Waals surface area contributed by atoms with Gasteiger partial charge in [-0.15, -0.1) is 0 Å². The van der Waals surface area contributed by atoms with Crippen molar-refractivity contribution in [1.82, 2.24) is 4.31 Å². The predicted octanol–water partition coefficient (Wildman–Crippen LogP) is 2.74. The minimum absolute atomic E-state index is 0.304. The van der Waals surface area contributed by atoms with Gasteiger partial charge in [-0.3, -0.25) is 0 Å². The predicted molar refractivity (Wildman–Crippen MR) is 99.0 cm³/mol. The molecule has 2 rings (SSSR count). The van der Waals surface area contributed by atoms with Gasteiger partial charge in [0.25, 0.3) is 0 Å². The Labute approximate surface area is 149 Å². The average Bonchev–Trinajstić information content (AvgIpc) is 2.60. The monoisotopic (exact) mass is 364 g/mol. The molecule has 136 valence electrons. The fourth-order valence-corrected chi connectivity index (χ4v) is 3.37. The number of nitrogens with one attached hydrogen (secondary N) is 1. The number of benzene rings is 2. The molecule has 0 radical (unpaired) electrons. The van der Waals surface area contributed by atoms with Gasteiger partial charge in [-0.2, -0.15) is 0 Å². The maximum Gasteiger partial charge on any atom is 0.242 e. The normalized spacial score (nSPS) is 11.4. The van der Waals surface area contributed by atoms with Crippen molar-refractivity contribution in [3.63, 3.8) is 0 Å². The number of hydrogen-bond acceptors (Lipinski definition) is 5. The van der Waals surface area contributed by atoms with Gasteiger partial charge in [-0.1, -0.05) is 6.07 Å². The zero-order valence-electron chi connectivity index (χ0n) is 14.9. The molecule has 2 aromatic carbocycles. The zero-order chi connectivity index (χ0) is 18.4. The van der Waals surface area contributed by atoms with Gasteiger partial charge >= 0.3 is 0 Å². The average molecular weight is 364 g/mol. The van der Waals surface area contributed by atoms with Crippen molar-refractivity contribution in [1.29, 1.82) is 0 Å². The molecule has 7 heteroatoms. The lowest BCUT2D eigenvalue weighted by atomic mass is 10.2. The number of rotatable bonds is 8. The van der Waals surface area contributed by atoms with Crippen LogP contribution >= 0.6 is 0 Å². The number of hydrogen-bond donors (Lipinski definition) is 1. The Bertz CT molecular complexity index is 802. The highest BCUT2D eigenvalue weighted by molar-refractivity contribution is 7.89. The Morgan fingerprint density at radius 3 is 2.28 bits per heavy atom. The van der Waals surface area contributed by atoms with Crippen molar-refractivity contribution in [3.8, 4) is 11.5 Å². The molecule has 1 N–H and O–H groups in total. The van der Waals surface area contributed by atoms with Crippen LogP contribution in [0, 0.1) is 6.92 Å². The maximum absolute atomic E-state index is 12.3. The van der Waals surface area contributed by atoms with E-state index in [0.717, 1.165) is 17.2 Å². The fourth-order valence-electron chi connectivity index (χ4n) is 2.22. The number of aryl methyl sites for hydroxylation is 1. The summed E-state index contributed by atoms with van der Waals surface area (Å²) < 4.78 is 36.6. The summed E-state index contributed by atoms with van der Waals surface area (Å²) in [6.45, 7) is 2.79. The molecular weight excluding hydrogens is 340 g/mol. The van der Waals surface area contributed by atoms with Crippen LogP contribution in [0.4, 0.5) is 5.69 Å². The van der Waals surface area contributed by atoms with Crippen molar-refractivity contribution in [2.45, 2.75) is 11.8 Å². The third-order valence-electron chi connectivity index (χ3n) is 3.71. The van der Waals surface area contributed by atoms with Gasteiger partial charge < -0.3 is 14.8 Å². The highest BCUT2D eigenvalue weighted by Crippen LogP contribution is 2.22. The number of nitrogens with zero attached hydrogens (tertiary/aromatic N) is 1. The topological polar surface area (TPSA) is 67.9 Å². The molecule has 0 amide bonds. The minimum Gasteiger partial charge on any atom is -0.497 e. The molecule has 0 bridgehead atoms. The van der Waals surface area contributed by atoms with Gasteiger partial charge in [0.1, 0.15) is 18.1 Å². The van der Waals surface area contributed by atoms with Crippen molar-refractivity contribution < 1.29 is 17.9 Å². The van der Waals surface area contributed by atoms with Gasteiger partial charge in [0, 0.05) is 26.3 Å². The first-order chi connectivity index (χ1) is 11.8. The lowest BCUT2D eigenvalue weighted by molar-refractivity contribution is 0.332. The lowest BCUT2D eigenvalue weighted by Crippen LogP contribution is -2.23. The van der Waals surface area contributed by atoms with E-state index in [9.17, 15) is 8.42 Å². The van der Waals surface area contributed by atoms with E-state index in [1.165, 1.54) is 18.4 Å². The highest BCUT2D eigenvalue weighted by atomic mass is 32.2. The van der Waals surface area contributed by atoms with Gasteiger partial charge in [0.05, 0.1) is 12.0 Å². The summed E-state index contributed by atoms with van der Waals surface area (Å²) in [5, 5.41) is 3.18. The number of sulfonamides is 1. The molecule has 0 aliphatic heterocycles. The Balaban J connectivity index is 1.95. The summed E-state index contributed by atoms with van der Waals surface area (Å²) >= 11 is 0. The third kappa shape index (κ3) is 4.87. The van der Waals surface area contributed by atoms with Gasteiger partial charge in [-0.25, -0.2) is 12.7 Å². The molecule has 0 aliphatic carbocycles. The second-order valence-corrected chi connectivity index (χ2v) is 7.84. The van der Waals surface area contributed by atoms with Crippen molar-refractivity contribution >= 4 is 15.7 Å². The maximum atomic E-state index is 12.3. The van der Waals surface area contributed by atoms with Crippen LogP contribution in [-0.4, -0.2) is 47.1 Å². The van der Waals surface area contributed by atoms with Crippen LogP contribution in [0.15, 0.2) is 47.4 Å². The van der Waals surface area contributed by atoms with Crippen LogP contribution in [0.25, 0.3) is 0 Å². The molecule has 0 saturated heterocycles. The quantitative estimate of drug-likeness (QED) is 0.730. The molecule has 0 aliphatic rings.